The molecular formula is C7H7NO3. The zero-order valence-electron chi connectivity index (χ0n) is 5.82. The number of amides is 1. The van der Waals surface area contributed by atoms with Crippen LogP contribution in [0.1, 0.15) is 0 Å². The minimum atomic E-state index is -0.382. The van der Waals surface area contributed by atoms with E-state index in [-0.39, 0.29) is 24.5 Å². The predicted molar refractivity (Wildman–Crippen MR) is 36.0 cm³/mol. The number of hydrogen-bond donors (Lipinski definition) is 0. The van der Waals surface area contributed by atoms with Crippen molar-refractivity contribution in [3.8, 4) is 0 Å². The molecule has 0 spiro atoms. The van der Waals surface area contributed by atoms with Gasteiger partial charge in [0.2, 0.25) is 0 Å². The van der Waals surface area contributed by atoms with Gasteiger partial charge in [0, 0.05) is 6.54 Å². The van der Waals surface area contributed by atoms with E-state index in [0.29, 0.717) is 6.54 Å². The maximum Gasteiger partial charge on any atom is 0.410 e. The second-order valence-electron chi connectivity index (χ2n) is 2.55. The Hall–Kier alpha value is -1.32. The number of carbonyl (C=O) groups excluding carboxylic acids is 2. The first-order valence-electron chi connectivity index (χ1n) is 3.43. The molecule has 2 heterocycles. The maximum atomic E-state index is 11.1. The summed E-state index contributed by atoms with van der Waals surface area (Å²) in [6.45, 7) is 0.706. The number of rotatable bonds is 0. The number of ketones is 1. The van der Waals surface area contributed by atoms with E-state index in [9.17, 15) is 9.59 Å². The summed E-state index contributed by atoms with van der Waals surface area (Å²) in [5.74, 6) is -0.0397. The molecule has 1 amide bonds. The fourth-order valence-electron chi connectivity index (χ4n) is 1.28. The topological polar surface area (TPSA) is 46.6 Å². The first-order chi connectivity index (χ1) is 5.29. The largest absolute Gasteiger partial charge is 0.447 e. The van der Waals surface area contributed by atoms with Gasteiger partial charge in [-0.3, -0.25) is 9.69 Å². The summed E-state index contributed by atoms with van der Waals surface area (Å²) in [6, 6.07) is -0.354. The predicted octanol–water partition coefficient (Wildman–Crippen LogP) is -0.0539. The Morgan fingerprint density at radius 1 is 1.55 bits per heavy atom. The highest BCUT2D eigenvalue weighted by atomic mass is 16.6. The zero-order chi connectivity index (χ0) is 7.84. The van der Waals surface area contributed by atoms with E-state index in [1.807, 2.05) is 0 Å². The average molecular weight is 153 g/mol. The third-order valence-corrected chi connectivity index (χ3v) is 1.89. The van der Waals surface area contributed by atoms with Gasteiger partial charge < -0.3 is 4.74 Å². The third kappa shape index (κ3) is 0.824. The second-order valence-corrected chi connectivity index (χ2v) is 2.55. The van der Waals surface area contributed by atoms with Crippen LogP contribution in [0.3, 0.4) is 0 Å². The van der Waals surface area contributed by atoms with Gasteiger partial charge in [-0.25, -0.2) is 4.79 Å². The Morgan fingerprint density at radius 2 is 2.36 bits per heavy atom. The van der Waals surface area contributed by atoms with E-state index in [1.165, 1.54) is 11.0 Å². The Bertz CT molecular complexity index is 246. The van der Waals surface area contributed by atoms with Crippen LogP contribution in [0.15, 0.2) is 12.2 Å². The van der Waals surface area contributed by atoms with Crippen LogP contribution in [0.2, 0.25) is 0 Å². The molecule has 4 heteroatoms. The minimum Gasteiger partial charge on any atom is -0.447 e. The SMILES string of the molecule is O=C1C=CCN2C(=O)OC[C@@H]12. The first kappa shape index (κ1) is 6.39. The summed E-state index contributed by atoms with van der Waals surface area (Å²) in [4.78, 5) is 23.4. The molecule has 2 rings (SSSR count). The van der Waals surface area contributed by atoms with E-state index in [2.05, 4.69) is 0 Å². The number of carbonyl (C=O) groups is 2. The maximum absolute atomic E-state index is 11.1. The van der Waals surface area contributed by atoms with Gasteiger partial charge in [-0.15, -0.1) is 0 Å². The molecule has 11 heavy (non-hydrogen) atoms. The van der Waals surface area contributed by atoms with E-state index in [4.69, 9.17) is 4.74 Å². The molecule has 0 bridgehead atoms. The van der Waals surface area contributed by atoms with Crippen molar-refractivity contribution in [2.24, 2.45) is 0 Å². The Labute approximate surface area is 63.4 Å². The lowest BCUT2D eigenvalue weighted by Crippen LogP contribution is -2.41. The van der Waals surface area contributed by atoms with E-state index in [0.717, 1.165) is 0 Å². The summed E-state index contributed by atoms with van der Waals surface area (Å²) in [6.07, 6.45) is 2.79. The van der Waals surface area contributed by atoms with Crippen molar-refractivity contribution in [2.45, 2.75) is 6.04 Å². The third-order valence-electron chi connectivity index (χ3n) is 1.89. The normalized spacial score (nSPS) is 28.7. The van der Waals surface area contributed by atoms with E-state index >= 15 is 0 Å². The van der Waals surface area contributed by atoms with Gasteiger partial charge in [-0.1, -0.05) is 6.08 Å². The molecule has 0 aliphatic carbocycles. The van der Waals surface area contributed by atoms with Crippen LogP contribution < -0.4 is 0 Å². The van der Waals surface area contributed by atoms with E-state index < -0.39 is 0 Å². The van der Waals surface area contributed by atoms with E-state index in [1.54, 1.807) is 6.08 Å². The van der Waals surface area contributed by atoms with Crippen molar-refractivity contribution >= 4 is 11.9 Å². The van der Waals surface area contributed by atoms with Crippen molar-refractivity contribution < 1.29 is 14.3 Å². The van der Waals surface area contributed by atoms with Crippen LogP contribution in [0, 0.1) is 0 Å². The molecule has 0 radical (unpaired) electrons. The standard InChI is InChI=1S/C7H7NO3/c9-6-2-1-3-8-5(6)4-11-7(8)10/h1-2,5H,3-4H2/t5-/m0/s1. The van der Waals surface area contributed by atoms with Gasteiger partial charge in [0.25, 0.3) is 0 Å². The van der Waals surface area contributed by atoms with Crippen molar-refractivity contribution in [3.05, 3.63) is 12.2 Å². The summed E-state index contributed by atoms with van der Waals surface area (Å²) in [7, 11) is 0. The lowest BCUT2D eigenvalue weighted by atomic mass is 10.1. The van der Waals surface area contributed by atoms with Gasteiger partial charge >= 0.3 is 6.09 Å². The molecule has 0 unspecified atom stereocenters. The lowest BCUT2D eigenvalue weighted by molar-refractivity contribution is -0.118. The molecule has 4 nitrogen and oxygen atoms in total. The molecule has 0 N–H and O–H groups in total. The van der Waals surface area contributed by atoms with Crippen LogP contribution in [0.5, 0.6) is 0 Å². The van der Waals surface area contributed by atoms with Crippen molar-refractivity contribution in [1.29, 1.82) is 0 Å². The summed E-state index contributed by atoms with van der Waals surface area (Å²) < 4.78 is 4.70. The monoisotopic (exact) mass is 153 g/mol. The highest BCUT2D eigenvalue weighted by molar-refractivity contribution is 5.98. The summed E-state index contributed by atoms with van der Waals surface area (Å²) in [5, 5.41) is 0. The molecule has 0 aromatic heterocycles. The van der Waals surface area contributed by atoms with Crippen molar-refractivity contribution in [1.82, 2.24) is 4.90 Å². The Kier molecular flexibility index (Phi) is 1.21. The molecule has 1 atom stereocenters. The summed E-state index contributed by atoms with van der Waals surface area (Å²) >= 11 is 0. The van der Waals surface area contributed by atoms with Crippen LogP contribution in [-0.4, -0.2) is 36.0 Å². The molecule has 1 fully saturated rings. The number of cyclic esters (lactones) is 1. The van der Waals surface area contributed by atoms with Crippen molar-refractivity contribution in [2.75, 3.05) is 13.2 Å². The van der Waals surface area contributed by atoms with Gasteiger partial charge in [0.15, 0.2) is 5.78 Å². The Morgan fingerprint density at radius 3 is 3.09 bits per heavy atom. The molecule has 58 valence electrons. The fraction of sp³-hybridized carbons (Fsp3) is 0.429. The second kappa shape index (κ2) is 2.08. The highest BCUT2D eigenvalue weighted by Gasteiger charge is 2.37. The Balaban J connectivity index is 2.28. The number of ether oxygens (including phenoxy) is 1. The molecule has 0 saturated carbocycles. The number of nitrogens with zero attached hydrogens (tertiary/aromatic N) is 1. The zero-order valence-corrected chi connectivity index (χ0v) is 5.82. The van der Waals surface area contributed by atoms with Crippen LogP contribution in [0.25, 0.3) is 0 Å². The highest BCUT2D eigenvalue weighted by Crippen LogP contribution is 2.16. The quantitative estimate of drug-likeness (QED) is 0.490. The molecule has 0 aromatic carbocycles. The van der Waals surface area contributed by atoms with Gasteiger partial charge in [-0.05, 0) is 6.08 Å². The minimum absolute atomic E-state index is 0.0397. The van der Waals surface area contributed by atoms with Crippen LogP contribution in [-0.2, 0) is 9.53 Å². The average Bonchev–Trinajstić information content (AvgIpc) is 2.35. The first-order valence-corrected chi connectivity index (χ1v) is 3.43. The molecule has 1 saturated heterocycles. The molecule has 2 aliphatic heterocycles. The van der Waals surface area contributed by atoms with Crippen LogP contribution in [0.4, 0.5) is 4.79 Å². The smallest absolute Gasteiger partial charge is 0.410 e. The number of fused-ring (bicyclic) bond motifs is 1. The van der Waals surface area contributed by atoms with Crippen molar-refractivity contribution in [3.63, 3.8) is 0 Å². The van der Waals surface area contributed by atoms with Gasteiger partial charge in [0.05, 0.1) is 0 Å². The molecule has 2 aliphatic rings. The van der Waals surface area contributed by atoms with Gasteiger partial charge in [-0.2, -0.15) is 0 Å². The fourth-order valence-corrected chi connectivity index (χ4v) is 1.28. The molecule has 0 aromatic rings. The number of hydrogen-bond acceptors (Lipinski definition) is 3. The van der Waals surface area contributed by atoms with Crippen LogP contribution >= 0.6 is 0 Å². The summed E-state index contributed by atoms with van der Waals surface area (Å²) in [5.41, 5.74) is 0. The molecular weight excluding hydrogens is 146 g/mol. The van der Waals surface area contributed by atoms with Gasteiger partial charge in [0.1, 0.15) is 12.6 Å². The lowest BCUT2D eigenvalue weighted by Gasteiger charge is -2.20.